The maximum absolute atomic E-state index is 12.7. The topological polar surface area (TPSA) is 148 Å². The van der Waals surface area contributed by atoms with Gasteiger partial charge >= 0.3 is 5.69 Å². The van der Waals surface area contributed by atoms with Gasteiger partial charge in [-0.2, -0.15) is 0 Å². The van der Waals surface area contributed by atoms with Crippen LogP contribution in [-0.4, -0.2) is 52.7 Å². The van der Waals surface area contributed by atoms with Crippen LogP contribution in [0.3, 0.4) is 0 Å². The largest absolute Gasteiger partial charge is 0.500 e. The van der Waals surface area contributed by atoms with Crippen LogP contribution in [0.25, 0.3) is 6.08 Å². The number of carbonyl (C=O) groups is 3. The van der Waals surface area contributed by atoms with Crippen molar-refractivity contribution in [2.75, 3.05) is 26.1 Å². The third-order valence-corrected chi connectivity index (χ3v) is 5.61. The smallest absolute Gasteiger partial charge is 0.315 e. The molecule has 0 bridgehead atoms. The van der Waals surface area contributed by atoms with Gasteiger partial charge in [0.1, 0.15) is 12.3 Å². The summed E-state index contributed by atoms with van der Waals surface area (Å²) in [6, 6.07) is 6.85. The van der Waals surface area contributed by atoms with Crippen LogP contribution in [0.4, 0.5) is 16.2 Å². The van der Waals surface area contributed by atoms with Gasteiger partial charge in [-0.1, -0.05) is 11.6 Å². The number of imide groups is 1. The monoisotopic (exact) mass is 493 g/mol. The molecule has 0 unspecified atom stereocenters. The second-order valence-electron chi connectivity index (χ2n) is 6.51. The summed E-state index contributed by atoms with van der Waals surface area (Å²) in [4.78, 5) is 48.3. The molecular formula is C20H16ClN3O8S. The van der Waals surface area contributed by atoms with Gasteiger partial charge in [-0.05, 0) is 47.7 Å². The number of amides is 3. The minimum absolute atomic E-state index is 0.0534. The number of nitrogens with zero attached hydrogens (tertiary/aromatic N) is 2. The Bertz CT molecular complexity index is 1200. The van der Waals surface area contributed by atoms with E-state index in [1.165, 1.54) is 32.4 Å². The van der Waals surface area contributed by atoms with Crippen molar-refractivity contribution >= 4 is 57.9 Å². The molecule has 1 saturated heterocycles. The predicted molar refractivity (Wildman–Crippen MR) is 121 cm³/mol. The van der Waals surface area contributed by atoms with Crippen LogP contribution in [0.1, 0.15) is 5.56 Å². The van der Waals surface area contributed by atoms with Crippen molar-refractivity contribution in [1.29, 1.82) is 0 Å². The summed E-state index contributed by atoms with van der Waals surface area (Å²) in [5.74, 6) is -1.81. The first-order chi connectivity index (χ1) is 15.6. The van der Waals surface area contributed by atoms with Crippen LogP contribution in [0.2, 0.25) is 5.02 Å². The molecule has 1 aliphatic heterocycles. The lowest BCUT2D eigenvalue weighted by Gasteiger charge is -2.13. The lowest BCUT2D eigenvalue weighted by molar-refractivity contribution is -0.386. The molecule has 0 radical (unpaired) electrons. The van der Waals surface area contributed by atoms with Crippen LogP contribution in [-0.2, 0) is 9.59 Å². The van der Waals surface area contributed by atoms with Crippen molar-refractivity contribution in [3.05, 3.63) is 55.9 Å². The molecule has 13 heteroatoms. The predicted octanol–water partition coefficient (Wildman–Crippen LogP) is 3.65. The number of halogens is 1. The number of methoxy groups -OCH3 is 2. The highest BCUT2D eigenvalue weighted by molar-refractivity contribution is 8.18. The highest BCUT2D eigenvalue weighted by Gasteiger charge is 2.36. The number of carbonyl (C=O) groups excluding carboxylic acids is 3. The molecule has 0 spiro atoms. The number of hydrogen-bond acceptors (Lipinski definition) is 9. The first-order valence-electron chi connectivity index (χ1n) is 9.08. The number of aromatic hydroxyl groups is 1. The standard InChI is InChI=1S/C20H16ClN3O8S/c1-31-14-4-3-11(8-12(14)21)22-17(25)9-23-19(27)16(33-20(23)28)7-10-5-13(24(29)30)18(26)15(6-10)32-2/h3-8,26H,9H2,1-2H3,(H,22,25)/b16-7+. The van der Waals surface area contributed by atoms with Gasteiger partial charge in [0.05, 0.1) is 29.1 Å². The number of thioether (sulfide) groups is 1. The Morgan fingerprint density at radius 2 is 1.94 bits per heavy atom. The Morgan fingerprint density at radius 1 is 1.24 bits per heavy atom. The summed E-state index contributed by atoms with van der Waals surface area (Å²) in [5.41, 5.74) is -0.131. The lowest BCUT2D eigenvalue weighted by atomic mass is 10.1. The Hall–Kier alpha value is -3.77. The highest BCUT2D eigenvalue weighted by atomic mass is 35.5. The van der Waals surface area contributed by atoms with E-state index in [-0.39, 0.29) is 21.2 Å². The molecule has 2 aromatic rings. The van der Waals surface area contributed by atoms with Crippen LogP contribution >= 0.6 is 23.4 Å². The summed E-state index contributed by atoms with van der Waals surface area (Å²) in [7, 11) is 2.66. The summed E-state index contributed by atoms with van der Waals surface area (Å²) in [5, 5.41) is 23.1. The second-order valence-corrected chi connectivity index (χ2v) is 7.91. The molecule has 2 aromatic carbocycles. The SMILES string of the molecule is COc1ccc(NC(=O)CN2C(=O)S/C(=C/c3cc(OC)c(O)c([N+](=O)[O-])c3)C2=O)cc1Cl. The summed E-state index contributed by atoms with van der Waals surface area (Å²) < 4.78 is 9.95. The van der Waals surface area contributed by atoms with Crippen LogP contribution in [0.15, 0.2) is 35.2 Å². The molecule has 0 aliphatic carbocycles. The van der Waals surface area contributed by atoms with Gasteiger partial charge in [0.15, 0.2) is 5.75 Å². The minimum atomic E-state index is -0.809. The zero-order valence-corrected chi connectivity index (χ0v) is 18.7. The Labute approximate surface area is 196 Å². The van der Waals surface area contributed by atoms with E-state index in [9.17, 15) is 29.6 Å². The molecule has 2 N–H and O–H groups in total. The summed E-state index contributed by atoms with van der Waals surface area (Å²) >= 11 is 6.59. The Kier molecular flexibility index (Phi) is 7.09. The molecule has 3 rings (SSSR count). The average molecular weight is 494 g/mol. The molecule has 0 saturated carbocycles. The van der Waals surface area contributed by atoms with Gasteiger partial charge in [0.25, 0.3) is 11.1 Å². The van der Waals surface area contributed by atoms with Gasteiger partial charge in [-0.25, -0.2) is 0 Å². The molecule has 0 aromatic heterocycles. The fourth-order valence-electron chi connectivity index (χ4n) is 2.87. The normalized spacial score (nSPS) is 14.5. The van der Waals surface area contributed by atoms with E-state index in [0.29, 0.717) is 23.2 Å². The van der Waals surface area contributed by atoms with E-state index in [1.54, 1.807) is 12.1 Å². The molecule has 11 nitrogen and oxygen atoms in total. The maximum atomic E-state index is 12.7. The number of nitro benzene ring substituents is 1. The Morgan fingerprint density at radius 3 is 2.55 bits per heavy atom. The number of nitrogens with one attached hydrogen (secondary N) is 1. The van der Waals surface area contributed by atoms with Crippen molar-refractivity contribution < 1.29 is 33.9 Å². The van der Waals surface area contributed by atoms with Crippen LogP contribution in [0, 0.1) is 10.1 Å². The van der Waals surface area contributed by atoms with E-state index in [1.807, 2.05) is 0 Å². The minimum Gasteiger partial charge on any atom is -0.500 e. The van der Waals surface area contributed by atoms with Crippen molar-refractivity contribution in [3.63, 3.8) is 0 Å². The van der Waals surface area contributed by atoms with E-state index in [4.69, 9.17) is 21.1 Å². The molecule has 0 atom stereocenters. The van der Waals surface area contributed by atoms with Gasteiger partial charge < -0.3 is 19.9 Å². The molecule has 3 amide bonds. The van der Waals surface area contributed by atoms with Crippen molar-refractivity contribution in [2.24, 2.45) is 0 Å². The van der Waals surface area contributed by atoms with E-state index < -0.39 is 40.0 Å². The number of benzene rings is 2. The third-order valence-electron chi connectivity index (χ3n) is 4.40. The zero-order chi connectivity index (χ0) is 24.3. The number of anilines is 1. The second kappa shape index (κ2) is 9.79. The van der Waals surface area contributed by atoms with Crippen LogP contribution < -0.4 is 14.8 Å². The summed E-state index contributed by atoms with van der Waals surface area (Å²) in [6.45, 7) is -0.551. The number of rotatable bonds is 7. The molecule has 1 fully saturated rings. The van der Waals surface area contributed by atoms with Crippen molar-refractivity contribution in [3.8, 4) is 17.2 Å². The van der Waals surface area contributed by atoms with Gasteiger partial charge in [0, 0.05) is 11.8 Å². The maximum Gasteiger partial charge on any atom is 0.315 e. The first-order valence-corrected chi connectivity index (χ1v) is 10.3. The molecule has 33 heavy (non-hydrogen) atoms. The molecule has 1 aliphatic rings. The third kappa shape index (κ3) is 5.18. The van der Waals surface area contributed by atoms with Crippen molar-refractivity contribution in [1.82, 2.24) is 4.90 Å². The lowest BCUT2D eigenvalue weighted by Crippen LogP contribution is -2.36. The quantitative estimate of drug-likeness (QED) is 0.335. The van der Waals surface area contributed by atoms with Gasteiger partial charge in [0.2, 0.25) is 11.7 Å². The van der Waals surface area contributed by atoms with Crippen LogP contribution in [0.5, 0.6) is 17.2 Å². The number of phenolic OH excluding ortho intramolecular Hbond substituents is 1. The van der Waals surface area contributed by atoms with E-state index in [0.717, 1.165) is 11.0 Å². The highest BCUT2D eigenvalue weighted by Crippen LogP contribution is 2.39. The molecule has 1 heterocycles. The van der Waals surface area contributed by atoms with E-state index in [2.05, 4.69) is 5.32 Å². The average Bonchev–Trinajstić information content (AvgIpc) is 3.02. The van der Waals surface area contributed by atoms with Crippen molar-refractivity contribution in [2.45, 2.75) is 0 Å². The fraction of sp³-hybridized carbons (Fsp3) is 0.150. The number of ether oxygens (including phenoxy) is 2. The van der Waals surface area contributed by atoms with E-state index >= 15 is 0 Å². The Balaban J connectivity index is 1.77. The first kappa shape index (κ1) is 23.9. The number of nitro groups is 1. The number of phenols is 1. The van der Waals surface area contributed by atoms with Gasteiger partial charge in [-0.15, -0.1) is 0 Å². The molecule has 172 valence electrons. The van der Waals surface area contributed by atoms with Gasteiger partial charge in [-0.3, -0.25) is 29.4 Å². The zero-order valence-electron chi connectivity index (χ0n) is 17.2. The molecular weight excluding hydrogens is 478 g/mol. The summed E-state index contributed by atoms with van der Waals surface area (Å²) in [6.07, 6.45) is 1.24. The fourth-order valence-corrected chi connectivity index (χ4v) is 3.96. The number of hydrogen-bond donors (Lipinski definition) is 2.